The Balaban J connectivity index is 2.19. The highest BCUT2D eigenvalue weighted by molar-refractivity contribution is 8.00. The van der Waals surface area contributed by atoms with Crippen LogP contribution in [-0.2, 0) is 0 Å². The molecule has 0 fully saturated rings. The summed E-state index contributed by atoms with van der Waals surface area (Å²) in [4.78, 5) is 8.30. The first-order valence-electron chi connectivity index (χ1n) is 3.64. The van der Waals surface area contributed by atoms with E-state index in [1.165, 1.54) is 11.8 Å². The predicted molar refractivity (Wildman–Crippen MR) is 54.9 cm³/mol. The highest BCUT2D eigenvalue weighted by Crippen LogP contribution is 2.27. The zero-order valence-corrected chi connectivity index (χ0v) is 8.31. The average molecular weight is 209 g/mol. The molecule has 0 aromatic carbocycles. The van der Waals surface area contributed by atoms with Crippen molar-refractivity contribution in [2.45, 2.75) is 9.37 Å². The van der Waals surface area contributed by atoms with Gasteiger partial charge in [-0.2, -0.15) is 0 Å². The molecule has 2 aromatic heterocycles. The molecule has 0 saturated heterocycles. The lowest BCUT2D eigenvalue weighted by atomic mass is 10.5. The molecule has 5 heteroatoms. The van der Waals surface area contributed by atoms with E-state index < -0.39 is 0 Å². The zero-order valence-electron chi connectivity index (χ0n) is 6.68. The Morgan fingerprint density at radius 1 is 1.38 bits per heavy atom. The van der Waals surface area contributed by atoms with E-state index in [2.05, 4.69) is 9.97 Å². The Bertz CT molecular complexity index is 386. The van der Waals surface area contributed by atoms with Crippen LogP contribution < -0.4 is 5.73 Å². The molecular weight excluding hydrogens is 202 g/mol. The van der Waals surface area contributed by atoms with Crippen molar-refractivity contribution in [1.29, 1.82) is 0 Å². The Kier molecular flexibility index (Phi) is 2.47. The van der Waals surface area contributed by atoms with E-state index >= 15 is 0 Å². The SMILES string of the molecule is Nc1cccc(Sc2nccs2)n1. The summed E-state index contributed by atoms with van der Waals surface area (Å²) in [6.45, 7) is 0. The molecular formula is C8H7N3S2. The van der Waals surface area contributed by atoms with Gasteiger partial charge in [-0.05, 0) is 23.9 Å². The summed E-state index contributed by atoms with van der Waals surface area (Å²) < 4.78 is 0.984. The van der Waals surface area contributed by atoms with Crippen molar-refractivity contribution < 1.29 is 0 Å². The molecule has 0 amide bonds. The van der Waals surface area contributed by atoms with Gasteiger partial charge in [-0.25, -0.2) is 9.97 Å². The van der Waals surface area contributed by atoms with Crippen molar-refractivity contribution in [3.8, 4) is 0 Å². The molecule has 0 spiro atoms. The highest BCUT2D eigenvalue weighted by Gasteiger charge is 2.00. The van der Waals surface area contributed by atoms with Gasteiger partial charge in [0.2, 0.25) is 0 Å². The number of hydrogen-bond donors (Lipinski definition) is 1. The fourth-order valence-corrected chi connectivity index (χ4v) is 2.40. The van der Waals surface area contributed by atoms with E-state index in [4.69, 9.17) is 5.73 Å². The number of aromatic nitrogens is 2. The first-order valence-corrected chi connectivity index (χ1v) is 5.34. The van der Waals surface area contributed by atoms with Gasteiger partial charge in [0, 0.05) is 11.6 Å². The fraction of sp³-hybridized carbons (Fsp3) is 0. The number of anilines is 1. The third kappa shape index (κ3) is 2.19. The van der Waals surface area contributed by atoms with Crippen molar-refractivity contribution in [2.75, 3.05) is 5.73 Å². The molecule has 2 N–H and O–H groups in total. The van der Waals surface area contributed by atoms with Crippen LogP contribution in [0, 0.1) is 0 Å². The summed E-state index contributed by atoms with van der Waals surface area (Å²) in [7, 11) is 0. The summed E-state index contributed by atoms with van der Waals surface area (Å²) in [5, 5.41) is 2.82. The van der Waals surface area contributed by atoms with Crippen LogP contribution in [0.3, 0.4) is 0 Å². The standard InChI is InChI=1S/C8H7N3S2/c9-6-2-1-3-7(11-6)13-8-10-4-5-12-8/h1-5H,(H2,9,11). The predicted octanol–water partition coefficient (Wildman–Crippen LogP) is 2.27. The van der Waals surface area contributed by atoms with Gasteiger partial charge in [0.15, 0.2) is 4.34 Å². The zero-order chi connectivity index (χ0) is 9.10. The lowest BCUT2D eigenvalue weighted by molar-refractivity contribution is 1.13. The molecule has 0 aliphatic carbocycles. The van der Waals surface area contributed by atoms with Gasteiger partial charge in [-0.15, -0.1) is 11.3 Å². The average Bonchev–Trinajstić information content (AvgIpc) is 2.57. The maximum absolute atomic E-state index is 5.55. The lowest BCUT2D eigenvalue weighted by Crippen LogP contribution is -1.89. The van der Waals surface area contributed by atoms with Gasteiger partial charge in [0.05, 0.1) is 0 Å². The minimum atomic E-state index is 0.543. The summed E-state index contributed by atoms with van der Waals surface area (Å²) in [6.07, 6.45) is 1.78. The molecule has 0 bridgehead atoms. The lowest BCUT2D eigenvalue weighted by Gasteiger charge is -1.96. The molecule has 0 aliphatic rings. The van der Waals surface area contributed by atoms with Gasteiger partial charge in [0.1, 0.15) is 10.8 Å². The number of pyridine rings is 1. The van der Waals surface area contributed by atoms with Crippen LogP contribution in [0.2, 0.25) is 0 Å². The van der Waals surface area contributed by atoms with Gasteiger partial charge in [-0.3, -0.25) is 0 Å². The fourth-order valence-electron chi connectivity index (χ4n) is 0.838. The first kappa shape index (κ1) is 8.52. The molecule has 0 radical (unpaired) electrons. The van der Waals surface area contributed by atoms with E-state index in [-0.39, 0.29) is 0 Å². The molecule has 0 atom stereocenters. The minimum Gasteiger partial charge on any atom is -0.384 e. The minimum absolute atomic E-state index is 0.543. The van der Waals surface area contributed by atoms with Crippen LogP contribution in [0.4, 0.5) is 5.82 Å². The smallest absolute Gasteiger partial charge is 0.156 e. The number of thiazole rings is 1. The normalized spacial score (nSPS) is 10.2. The van der Waals surface area contributed by atoms with Crippen molar-refractivity contribution >= 4 is 28.9 Å². The van der Waals surface area contributed by atoms with Crippen LogP contribution in [0.15, 0.2) is 39.1 Å². The second-order valence-corrected chi connectivity index (χ2v) is 4.46. The molecule has 2 heterocycles. The van der Waals surface area contributed by atoms with Crippen molar-refractivity contribution in [2.24, 2.45) is 0 Å². The van der Waals surface area contributed by atoms with E-state index in [0.717, 1.165) is 9.37 Å². The number of nitrogens with two attached hydrogens (primary N) is 1. The molecule has 66 valence electrons. The van der Waals surface area contributed by atoms with Crippen LogP contribution in [0.5, 0.6) is 0 Å². The molecule has 2 rings (SSSR count). The van der Waals surface area contributed by atoms with E-state index in [1.807, 2.05) is 17.5 Å². The highest BCUT2D eigenvalue weighted by atomic mass is 32.2. The maximum Gasteiger partial charge on any atom is 0.156 e. The number of nitrogens with zero attached hydrogens (tertiary/aromatic N) is 2. The number of rotatable bonds is 2. The quantitative estimate of drug-likeness (QED) is 0.824. The van der Waals surface area contributed by atoms with Crippen LogP contribution in [0.25, 0.3) is 0 Å². The third-order valence-electron chi connectivity index (χ3n) is 1.35. The maximum atomic E-state index is 5.55. The molecule has 0 saturated carbocycles. The van der Waals surface area contributed by atoms with Crippen molar-refractivity contribution in [3.63, 3.8) is 0 Å². The van der Waals surface area contributed by atoms with E-state index in [1.54, 1.807) is 23.6 Å². The Hall–Kier alpha value is -1.07. The van der Waals surface area contributed by atoms with Gasteiger partial charge in [-0.1, -0.05) is 6.07 Å². The Labute approximate surface area is 84.0 Å². The van der Waals surface area contributed by atoms with E-state index in [9.17, 15) is 0 Å². The molecule has 13 heavy (non-hydrogen) atoms. The topological polar surface area (TPSA) is 51.8 Å². The van der Waals surface area contributed by atoms with Crippen molar-refractivity contribution in [1.82, 2.24) is 9.97 Å². The van der Waals surface area contributed by atoms with Crippen LogP contribution in [-0.4, -0.2) is 9.97 Å². The summed E-state index contributed by atoms with van der Waals surface area (Å²) >= 11 is 3.12. The van der Waals surface area contributed by atoms with Crippen LogP contribution >= 0.6 is 23.1 Å². The van der Waals surface area contributed by atoms with Gasteiger partial charge < -0.3 is 5.73 Å². The summed E-state index contributed by atoms with van der Waals surface area (Å²) in [5.74, 6) is 0.543. The van der Waals surface area contributed by atoms with Gasteiger partial charge in [0.25, 0.3) is 0 Å². The molecule has 3 nitrogen and oxygen atoms in total. The molecule has 0 unspecified atom stereocenters. The van der Waals surface area contributed by atoms with E-state index in [0.29, 0.717) is 5.82 Å². The number of nitrogen functional groups attached to an aromatic ring is 1. The molecule has 2 aromatic rings. The monoisotopic (exact) mass is 209 g/mol. The number of hydrogen-bond acceptors (Lipinski definition) is 5. The summed E-state index contributed by atoms with van der Waals surface area (Å²) in [6, 6.07) is 5.58. The molecule has 0 aliphatic heterocycles. The van der Waals surface area contributed by atoms with Crippen LogP contribution in [0.1, 0.15) is 0 Å². The largest absolute Gasteiger partial charge is 0.384 e. The third-order valence-corrected chi connectivity index (χ3v) is 3.17. The Morgan fingerprint density at radius 2 is 2.31 bits per heavy atom. The first-order chi connectivity index (χ1) is 6.34. The van der Waals surface area contributed by atoms with Crippen molar-refractivity contribution in [3.05, 3.63) is 29.8 Å². The second-order valence-electron chi connectivity index (χ2n) is 2.30. The second kappa shape index (κ2) is 3.76. The Morgan fingerprint density at radius 3 is 3.00 bits per heavy atom. The van der Waals surface area contributed by atoms with Gasteiger partial charge >= 0.3 is 0 Å². The summed E-state index contributed by atoms with van der Waals surface area (Å²) in [5.41, 5.74) is 5.55.